The third-order valence-corrected chi connectivity index (χ3v) is 5.00. The molecule has 2 aliphatic heterocycles. The molecule has 3 rings (SSSR count). The Kier molecular flexibility index (Phi) is 4.75. The standard InChI is InChI=1S/C20H29NO3/c1-14-7-5-6-8-18(14)23-13-15-11-16-9-10-17(12-15)21(16)19(22)24-20(2,3)4/h5-8,15-17H,9-13H2,1-4H3/t15?,16-,17+. The first-order valence-corrected chi connectivity index (χ1v) is 9.03. The number of carbonyl (C=O) groups excluding carboxylic acids is 1. The van der Waals surface area contributed by atoms with Gasteiger partial charge in [0, 0.05) is 12.1 Å². The summed E-state index contributed by atoms with van der Waals surface area (Å²) in [6, 6.07) is 8.76. The predicted octanol–water partition coefficient (Wildman–Crippen LogP) is 4.55. The number of nitrogens with zero attached hydrogens (tertiary/aromatic N) is 1. The first kappa shape index (κ1) is 17.1. The monoisotopic (exact) mass is 331 g/mol. The SMILES string of the molecule is Cc1ccccc1OCC1C[C@H]2CC[C@@H](C1)N2C(=O)OC(C)(C)C. The lowest BCUT2D eigenvalue weighted by Crippen LogP contribution is -2.49. The number of carbonyl (C=O) groups is 1. The summed E-state index contributed by atoms with van der Waals surface area (Å²) in [6.45, 7) is 8.59. The van der Waals surface area contributed by atoms with Crippen LogP contribution in [-0.4, -0.2) is 35.3 Å². The number of amides is 1. The number of rotatable bonds is 3. The van der Waals surface area contributed by atoms with Gasteiger partial charge in [0.1, 0.15) is 11.4 Å². The van der Waals surface area contributed by atoms with Gasteiger partial charge in [0.2, 0.25) is 0 Å². The Balaban J connectivity index is 1.57. The fraction of sp³-hybridized carbons (Fsp3) is 0.650. The van der Waals surface area contributed by atoms with Crippen LogP contribution >= 0.6 is 0 Å². The second kappa shape index (κ2) is 6.66. The van der Waals surface area contributed by atoms with Crippen LogP contribution in [0.25, 0.3) is 0 Å². The normalized spacial score (nSPS) is 26.3. The summed E-state index contributed by atoms with van der Waals surface area (Å²) < 4.78 is 11.6. The van der Waals surface area contributed by atoms with E-state index >= 15 is 0 Å². The summed E-state index contributed by atoms with van der Waals surface area (Å²) in [5, 5.41) is 0. The van der Waals surface area contributed by atoms with Gasteiger partial charge in [-0.15, -0.1) is 0 Å². The topological polar surface area (TPSA) is 38.8 Å². The fourth-order valence-corrected chi connectivity index (χ4v) is 3.96. The van der Waals surface area contributed by atoms with Crippen LogP contribution in [0.2, 0.25) is 0 Å². The van der Waals surface area contributed by atoms with Crippen molar-refractivity contribution in [2.45, 2.75) is 71.1 Å². The Bertz CT molecular complexity index is 579. The van der Waals surface area contributed by atoms with E-state index < -0.39 is 5.60 Å². The quantitative estimate of drug-likeness (QED) is 0.815. The molecule has 1 aromatic rings. The minimum Gasteiger partial charge on any atom is -0.493 e. The molecule has 0 N–H and O–H groups in total. The second-order valence-electron chi connectivity index (χ2n) is 8.19. The van der Waals surface area contributed by atoms with Gasteiger partial charge in [-0.05, 0) is 70.9 Å². The molecule has 132 valence electrons. The average Bonchev–Trinajstić information content (AvgIpc) is 2.76. The highest BCUT2D eigenvalue weighted by atomic mass is 16.6. The lowest BCUT2D eigenvalue weighted by molar-refractivity contribution is -0.000972. The van der Waals surface area contributed by atoms with Gasteiger partial charge in [0.25, 0.3) is 0 Å². The zero-order chi connectivity index (χ0) is 17.3. The second-order valence-corrected chi connectivity index (χ2v) is 8.19. The number of aryl methyl sites for hydroxylation is 1. The van der Waals surface area contributed by atoms with Crippen LogP contribution in [0.5, 0.6) is 5.75 Å². The minimum atomic E-state index is -0.429. The van der Waals surface area contributed by atoms with Crippen molar-refractivity contribution >= 4 is 6.09 Å². The molecule has 0 spiro atoms. The molecule has 2 aliphatic rings. The van der Waals surface area contributed by atoms with Crippen LogP contribution in [0, 0.1) is 12.8 Å². The molecule has 1 aromatic carbocycles. The Morgan fingerprint density at radius 2 is 1.79 bits per heavy atom. The highest BCUT2D eigenvalue weighted by Crippen LogP contribution is 2.39. The van der Waals surface area contributed by atoms with Gasteiger partial charge in [-0.2, -0.15) is 0 Å². The van der Waals surface area contributed by atoms with Crippen LogP contribution in [0.3, 0.4) is 0 Å². The smallest absolute Gasteiger partial charge is 0.410 e. The van der Waals surface area contributed by atoms with Gasteiger partial charge in [-0.3, -0.25) is 0 Å². The summed E-state index contributed by atoms with van der Waals surface area (Å²) in [5.74, 6) is 1.49. The molecule has 2 saturated heterocycles. The maximum Gasteiger partial charge on any atom is 0.410 e. The van der Waals surface area contributed by atoms with Crippen molar-refractivity contribution in [1.29, 1.82) is 0 Å². The molecule has 0 saturated carbocycles. The molecule has 24 heavy (non-hydrogen) atoms. The van der Waals surface area contributed by atoms with E-state index in [0.717, 1.165) is 38.0 Å². The van der Waals surface area contributed by atoms with Gasteiger partial charge in [0.15, 0.2) is 0 Å². The van der Waals surface area contributed by atoms with Crippen molar-refractivity contribution < 1.29 is 14.3 Å². The molecule has 2 fully saturated rings. The number of benzene rings is 1. The molecular formula is C20H29NO3. The van der Waals surface area contributed by atoms with Gasteiger partial charge in [-0.25, -0.2) is 4.79 Å². The van der Waals surface area contributed by atoms with E-state index in [-0.39, 0.29) is 6.09 Å². The number of hydrogen-bond donors (Lipinski definition) is 0. The van der Waals surface area contributed by atoms with Crippen molar-refractivity contribution in [2.24, 2.45) is 5.92 Å². The highest BCUT2D eigenvalue weighted by molar-refractivity contribution is 5.69. The third-order valence-electron chi connectivity index (χ3n) is 5.00. The van der Waals surface area contributed by atoms with Gasteiger partial charge in [-0.1, -0.05) is 18.2 Å². The van der Waals surface area contributed by atoms with Crippen molar-refractivity contribution in [3.63, 3.8) is 0 Å². The lowest BCUT2D eigenvalue weighted by atomic mass is 9.91. The number of piperidine rings is 1. The van der Waals surface area contributed by atoms with Crippen molar-refractivity contribution in [1.82, 2.24) is 4.90 Å². The van der Waals surface area contributed by atoms with Crippen LogP contribution in [-0.2, 0) is 4.74 Å². The zero-order valence-electron chi connectivity index (χ0n) is 15.2. The van der Waals surface area contributed by atoms with Crippen molar-refractivity contribution in [3.8, 4) is 5.75 Å². The number of hydrogen-bond acceptors (Lipinski definition) is 3. The van der Waals surface area contributed by atoms with Crippen LogP contribution in [0.1, 0.15) is 52.0 Å². The van der Waals surface area contributed by atoms with Crippen molar-refractivity contribution in [2.75, 3.05) is 6.61 Å². The predicted molar refractivity (Wildman–Crippen MR) is 94.3 cm³/mol. The van der Waals surface area contributed by atoms with Gasteiger partial charge >= 0.3 is 6.09 Å². The molecule has 3 atom stereocenters. The molecule has 1 unspecified atom stereocenters. The molecule has 2 bridgehead atoms. The van der Waals surface area contributed by atoms with Crippen LogP contribution < -0.4 is 4.74 Å². The largest absolute Gasteiger partial charge is 0.493 e. The van der Waals surface area contributed by atoms with Crippen LogP contribution in [0.4, 0.5) is 4.79 Å². The molecule has 0 aromatic heterocycles. The highest BCUT2D eigenvalue weighted by Gasteiger charge is 2.44. The average molecular weight is 331 g/mol. The Hall–Kier alpha value is -1.71. The Morgan fingerprint density at radius 1 is 1.17 bits per heavy atom. The fourth-order valence-electron chi connectivity index (χ4n) is 3.96. The summed E-state index contributed by atoms with van der Waals surface area (Å²) >= 11 is 0. The number of para-hydroxylation sites is 1. The van der Waals surface area contributed by atoms with E-state index in [4.69, 9.17) is 9.47 Å². The first-order valence-electron chi connectivity index (χ1n) is 9.03. The molecule has 1 amide bonds. The van der Waals surface area contributed by atoms with Crippen LogP contribution in [0.15, 0.2) is 24.3 Å². The maximum atomic E-state index is 12.5. The van der Waals surface area contributed by atoms with E-state index in [1.807, 2.05) is 43.9 Å². The van der Waals surface area contributed by atoms with E-state index in [2.05, 4.69) is 13.0 Å². The minimum absolute atomic E-state index is 0.145. The Morgan fingerprint density at radius 3 is 2.38 bits per heavy atom. The maximum absolute atomic E-state index is 12.5. The van der Waals surface area contributed by atoms with E-state index in [9.17, 15) is 4.79 Å². The van der Waals surface area contributed by atoms with Crippen molar-refractivity contribution in [3.05, 3.63) is 29.8 Å². The van der Waals surface area contributed by atoms with E-state index in [0.29, 0.717) is 18.0 Å². The molecule has 0 radical (unpaired) electrons. The molecule has 4 nitrogen and oxygen atoms in total. The summed E-state index contributed by atoms with van der Waals surface area (Å²) in [4.78, 5) is 14.5. The first-order chi connectivity index (χ1) is 11.3. The summed E-state index contributed by atoms with van der Waals surface area (Å²) in [5.41, 5.74) is 0.744. The molecule has 2 heterocycles. The summed E-state index contributed by atoms with van der Waals surface area (Å²) in [6.07, 6.45) is 4.06. The van der Waals surface area contributed by atoms with Gasteiger partial charge in [0.05, 0.1) is 6.61 Å². The lowest BCUT2D eigenvalue weighted by Gasteiger charge is -2.39. The summed E-state index contributed by atoms with van der Waals surface area (Å²) in [7, 11) is 0. The number of fused-ring (bicyclic) bond motifs is 2. The van der Waals surface area contributed by atoms with Gasteiger partial charge < -0.3 is 14.4 Å². The molecular weight excluding hydrogens is 302 g/mol. The molecule has 0 aliphatic carbocycles. The molecule has 4 heteroatoms. The van der Waals surface area contributed by atoms with E-state index in [1.54, 1.807) is 0 Å². The van der Waals surface area contributed by atoms with E-state index in [1.165, 1.54) is 5.56 Å². The Labute approximate surface area is 145 Å². The third kappa shape index (κ3) is 3.85. The zero-order valence-corrected chi connectivity index (χ0v) is 15.2. The number of ether oxygens (including phenoxy) is 2.